The highest BCUT2D eigenvalue weighted by Gasteiger charge is 2.33. The minimum Gasteiger partial charge on any atom is -0.340 e. The average molecular weight is 414 g/mol. The Kier molecular flexibility index (Phi) is 5.12. The van der Waals surface area contributed by atoms with Crippen LogP contribution in [0, 0.1) is 0 Å². The third-order valence-corrected chi connectivity index (χ3v) is 6.93. The molecular formula is C20H22N4O4S. The molecule has 1 atom stereocenters. The number of likely N-dealkylation sites (tertiary alicyclic amines) is 1. The van der Waals surface area contributed by atoms with E-state index in [0.29, 0.717) is 12.1 Å². The average Bonchev–Trinajstić information content (AvgIpc) is 3.39. The van der Waals surface area contributed by atoms with Gasteiger partial charge in [0.25, 0.3) is 15.9 Å². The van der Waals surface area contributed by atoms with Crippen molar-refractivity contribution in [2.24, 2.45) is 0 Å². The number of benzene rings is 2. The van der Waals surface area contributed by atoms with Crippen LogP contribution in [0.5, 0.6) is 0 Å². The van der Waals surface area contributed by atoms with Gasteiger partial charge in [0.2, 0.25) is 0 Å². The van der Waals surface area contributed by atoms with Gasteiger partial charge in [0.05, 0.1) is 29.1 Å². The number of nitrogens with one attached hydrogen (secondary N) is 1. The molecule has 4 rings (SSSR count). The SMILES string of the molecule is CON(C)S(=O)(=O)c1ccc(C(=O)N2CCC[C@@H]2c2nc3ccccc3[nH]2)cc1. The number of aromatic nitrogens is 2. The fourth-order valence-corrected chi connectivity index (χ4v) is 4.58. The highest BCUT2D eigenvalue weighted by atomic mass is 32.2. The molecule has 1 aromatic heterocycles. The van der Waals surface area contributed by atoms with Crippen molar-refractivity contribution >= 4 is 27.0 Å². The third-order valence-electron chi connectivity index (χ3n) is 5.23. The molecular weight excluding hydrogens is 392 g/mol. The van der Waals surface area contributed by atoms with Gasteiger partial charge >= 0.3 is 0 Å². The first-order valence-corrected chi connectivity index (χ1v) is 10.7. The maximum Gasteiger partial charge on any atom is 0.264 e. The Morgan fingerprint density at radius 2 is 1.93 bits per heavy atom. The van der Waals surface area contributed by atoms with Crippen LogP contribution in [-0.2, 0) is 14.9 Å². The van der Waals surface area contributed by atoms with E-state index in [0.717, 1.165) is 34.2 Å². The van der Waals surface area contributed by atoms with Gasteiger partial charge < -0.3 is 9.88 Å². The van der Waals surface area contributed by atoms with Gasteiger partial charge in [0.15, 0.2) is 0 Å². The van der Waals surface area contributed by atoms with Crippen molar-refractivity contribution in [1.82, 2.24) is 19.3 Å². The number of H-pyrrole nitrogens is 1. The molecule has 1 fully saturated rings. The molecule has 3 aromatic rings. The van der Waals surface area contributed by atoms with E-state index in [-0.39, 0.29) is 16.8 Å². The van der Waals surface area contributed by atoms with Crippen molar-refractivity contribution in [2.45, 2.75) is 23.8 Å². The van der Waals surface area contributed by atoms with Gasteiger partial charge in [-0.05, 0) is 49.2 Å². The Hall–Kier alpha value is -2.75. The van der Waals surface area contributed by atoms with Crippen molar-refractivity contribution in [1.29, 1.82) is 0 Å². The summed E-state index contributed by atoms with van der Waals surface area (Å²) in [4.78, 5) is 27.7. The lowest BCUT2D eigenvalue weighted by molar-refractivity contribution is -0.0258. The molecule has 1 aliphatic rings. The van der Waals surface area contributed by atoms with Crippen LogP contribution in [0.2, 0.25) is 0 Å². The second-order valence-electron chi connectivity index (χ2n) is 6.92. The van der Waals surface area contributed by atoms with Crippen LogP contribution in [0.15, 0.2) is 53.4 Å². The van der Waals surface area contributed by atoms with E-state index in [1.165, 1.54) is 38.4 Å². The summed E-state index contributed by atoms with van der Waals surface area (Å²) < 4.78 is 25.4. The first-order valence-electron chi connectivity index (χ1n) is 9.30. The fraction of sp³-hybridized carbons (Fsp3) is 0.300. The van der Waals surface area contributed by atoms with Crippen molar-refractivity contribution < 1.29 is 18.0 Å². The van der Waals surface area contributed by atoms with Crippen molar-refractivity contribution in [2.75, 3.05) is 20.7 Å². The summed E-state index contributed by atoms with van der Waals surface area (Å²) in [6, 6.07) is 13.6. The number of fused-ring (bicyclic) bond motifs is 1. The maximum absolute atomic E-state index is 13.1. The van der Waals surface area contributed by atoms with Gasteiger partial charge in [0.1, 0.15) is 5.82 Å². The molecule has 1 saturated heterocycles. The van der Waals surface area contributed by atoms with Crippen LogP contribution in [0.4, 0.5) is 0 Å². The molecule has 9 heteroatoms. The minimum absolute atomic E-state index is 0.0636. The zero-order valence-corrected chi connectivity index (χ0v) is 17.0. The number of aromatic amines is 1. The molecule has 8 nitrogen and oxygen atoms in total. The zero-order valence-electron chi connectivity index (χ0n) is 16.2. The van der Waals surface area contributed by atoms with Gasteiger partial charge in [-0.15, -0.1) is 0 Å². The predicted molar refractivity (Wildman–Crippen MR) is 108 cm³/mol. The number of hydroxylamine groups is 1. The van der Waals surface area contributed by atoms with Crippen LogP contribution in [0.3, 0.4) is 0 Å². The Labute approximate surface area is 169 Å². The van der Waals surface area contributed by atoms with Crippen LogP contribution >= 0.6 is 0 Å². The van der Waals surface area contributed by atoms with E-state index < -0.39 is 10.0 Å². The number of para-hydroxylation sites is 2. The predicted octanol–water partition coefficient (Wildman–Crippen LogP) is 2.72. The quantitative estimate of drug-likeness (QED) is 0.648. The molecule has 1 N–H and O–H groups in total. The van der Waals surface area contributed by atoms with Crippen molar-refractivity contribution in [3.05, 3.63) is 59.9 Å². The second kappa shape index (κ2) is 7.58. The molecule has 1 aliphatic heterocycles. The Balaban J connectivity index is 1.58. The first kappa shape index (κ1) is 19.6. The lowest BCUT2D eigenvalue weighted by atomic mass is 10.1. The van der Waals surface area contributed by atoms with E-state index in [9.17, 15) is 13.2 Å². The molecule has 0 radical (unpaired) electrons. The van der Waals surface area contributed by atoms with Crippen molar-refractivity contribution in [3.8, 4) is 0 Å². The maximum atomic E-state index is 13.1. The van der Waals surface area contributed by atoms with Gasteiger partial charge in [0, 0.05) is 19.2 Å². The smallest absolute Gasteiger partial charge is 0.264 e. The largest absolute Gasteiger partial charge is 0.340 e. The van der Waals surface area contributed by atoms with Crippen molar-refractivity contribution in [3.63, 3.8) is 0 Å². The number of carbonyl (C=O) groups is 1. The molecule has 152 valence electrons. The number of sulfonamides is 1. The van der Waals surface area contributed by atoms with E-state index in [4.69, 9.17) is 4.84 Å². The summed E-state index contributed by atoms with van der Waals surface area (Å²) in [5, 5.41) is 0. The molecule has 29 heavy (non-hydrogen) atoms. The highest BCUT2D eigenvalue weighted by molar-refractivity contribution is 7.89. The van der Waals surface area contributed by atoms with Gasteiger partial charge in [-0.3, -0.25) is 9.63 Å². The minimum atomic E-state index is -3.75. The van der Waals surface area contributed by atoms with Crippen LogP contribution in [0.25, 0.3) is 11.0 Å². The number of imidazole rings is 1. The van der Waals surface area contributed by atoms with E-state index in [1.807, 2.05) is 24.3 Å². The van der Waals surface area contributed by atoms with Crippen LogP contribution < -0.4 is 0 Å². The molecule has 0 aliphatic carbocycles. The molecule has 0 spiro atoms. The van der Waals surface area contributed by atoms with E-state index >= 15 is 0 Å². The number of amides is 1. The van der Waals surface area contributed by atoms with Crippen LogP contribution in [-0.4, -0.2) is 54.4 Å². The molecule has 0 unspecified atom stereocenters. The number of nitrogens with zero attached hydrogens (tertiary/aromatic N) is 3. The van der Waals surface area contributed by atoms with E-state index in [2.05, 4.69) is 9.97 Å². The molecule has 0 saturated carbocycles. The first-order chi connectivity index (χ1) is 13.9. The number of hydrogen-bond acceptors (Lipinski definition) is 5. The van der Waals surface area contributed by atoms with Crippen LogP contribution in [0.1, 0.15) is 35.1 Å². The topological polar surface area (TPSA) is 95.6 Å². The number of rotatable bonds is 5. The number of hydrogen-bond donors (Lipinski definition) is 1. The normalized spacial score (nSPS) is 17.3. The Morgan fingerprint density at radius 1 is 1.21 bits per heavy atom. The van der Waals surface area contributed by atoms with Gasteiger partial charge in [-0.25, -0.2) is 13.4 Å². The standard InChI is InChI=1S/C20H22N4O4S/c1-23(28-2)29(26,27)15-11-9-14(10-12-15)20(25)24-13-5-8-18(24)19-21-16-6-3-4-7-17(16)22-19/h3-4,6-7,9-12,18H,5,8,13H2,1-2H3,(H,21,22)/t18-/m1/s1. The summed E-state index contributed by atoms with van der Waals surface area (Å²) in [7, 11) is -1.15. The summed E-state index contributed by atoms with van der Waals surface area (Å²) in [6.07, 6.45) is 1.72. The lowest BCUT2D eigenvalue weighted by Crippen LogP contribution is -2.31. The molecule has 2 heterocycles. The summed E-state index contributed by atoms with van der Waals surface area (Å²) in [5.74, 6) is 0.634. The molecule has 0 bridgehead atoms. The molecule has 1 amide bonds. The third kappa shape index (κ3) is 3.52. The van der Waals surface area contributed by atoms with Gasteiger partial charge in [-0.2, -0.15) is 0 Å². The summed E-state index contributed by atoms with van der Waals surface area (Å²) in [6.45, 7) is 0.632. The second-order valence-corrected chi connectivity index (χ2v) is 8.85. The fourth-order valence-electron chi connectivity index (χ4n) is 3.61. The summed E-state index contributed by atoms with van der Waals surface area (Å²) in [5.41, 5.74) is 2.25. The zero-order chi connectivity index (χ0) is 20.6. The highest BCUT2D eigenvalue weighted by Crippen LogP contribution is 2.32. The van der Waals surface area contributed by atoms with E-state index in [1.54, 1.807) is 4.90 Å². The summed E-state index contributed by atoms with van der Waals surface area (Å²) >= 11 is 0. The Morgan fingerprint density at radius 3 is 2.62 bits per heavy atom. The molecule has 2 aromatic carbocycles. The number of carbonyl (C=O) groups excluding carboxylic acids is 1. The lowest BCUT2D eigenvalue weighted by Gasteiger charge is -2.23. The monoisotopic (exact) mass is 414 g/mol. The Bertz CT molecular complexity index is 1110. The van der Waals surface area contributed by atoms with Gasteiger partial charge in [-0.1, -0.05) is 16.6 Å².